The Labute approximate surface area is 169 Å². The van der Waals surface area contributed by atoms with Gasteiger partial charge in [0, 0.05) is 30.2 Å². The van der Waals surface area contributed by atoms with E-state index in [0.717, 1.165) is 48.0 Å². The first kappa shape index (κ1) is 19.4. The van der Waals surface area contributed by atoms with Gasteiger partial charge >= 0.3 is 0 Å². The van der Waals surface area contributed by atoms with Crippen molar-refractivity contribution in [3.8, 4) is 23.2 Å². The molecule has 7 heteroatoms. The van der Waals surface area contributed by atoms with Crippen LogP contribution in [0.2, 0.25) is 0 Å². The zero-order valence-electron chi connectivity index (χ0n) is 16.6. The highest BCUT2D eigenvalue weighted by Crippen LogP contribution is 2.30. The van der Waals surface area contributed by atoms with Crippen molar-refractivity contribution < 1.29 is 14.2 Å². The molecule has 3 heterocycles. The van der Waals surface area contributed by atoms with Gasteiger partial charge in [-0.1, -0.05) is 19.1 Å². The van der Waals surface area contributed by atoms with E-state index in [1.165, 1.54) is 0 Å². The number of ether oxygens (including phenoxy) is 3. The smallest absolute Gasteiger partial charge is 0.235 e. The highest BCUT2D eigenvalue weighted by molar-refractivity contribution is 5.97. The van der Waals surface area contributed by atoms with E-state index in [0.29, 0.717) is 23.7 Å². The Hall–Kier alpha value is -2.95. The van der Waals surface area contributed by atoms with E-state index in [9.17, 15) is 5.26 Å². The number of H-pyrrole nitrogens is 1. The largest absolute Gasteiger partial charge is 0.474 e. The van der Waals surface area contributed by atoms with Gasteiger partial charge in [-0.2, -0.15) is 5.26 Å². The molecule has 1 saturated heterocycles. The highest BCUT2D eigenvalue weighted by Gasteiger charge is 2.21. The maximum atomic E-state index is 9.28. The molecule has 150 valence electrons. The van der Waals surface area contributed by atoms with Crippen molar-refractivity contribution in [1.82, 2.24) is 15.0 Å². The summed E-state index contributed by atoms with van der Waals surface area (Å²) >= 11 is 0. The Morgan fingerprint density at radius 1 is 1.41 bits per heavy atom. The average Bonchev–Trinajstić information content (AvgIpc) is 3.41. The lowest BCUT2D eigenvalue weighted by Gasteiger charge is -2.20. The molecule has 1 aliphatic rings. The van der Waals surface area contributed by atoms with Gasteiger partial charge in [0.05, 0.1) is 29.1 Å². The molecule has 1 aliphatic heterocycles. The molecule has 0 bridgehead atoms. The number of nitrogens with one attached hydrogen (secondary N) is 1. The Morgan fingerprint density at radius 3 is 3.03 bits per heavy atom. The molecule has 0 amide bonds. The van der Waals surface area contributed by atoms with Crippen LogP contribution < -0.4 is 4.74 Å². The number of nitrogens with zero attached hydrogens (tertiary/aromatic N) is 3. The van der Waals surface area contributed by atoms with Crippen LogP contribution in [-0.2, 0) is 9.47 Å². The Kier molecular flexibility index (Phi) is 5.74. The van der Waals surface area contributed by atoms with Crippen LogP contribution in [0.15, 0.2) is 30.6 Å². The summed E-state index contributed by atoms with van der Waals surface area (Å²) in [7, 11) is 0. The molecule has 29 heavy (non-hydrogen) atoms. The van der Waals surface area contributed by atoms with Crippen LogP contribution in [0.1, 0.15) is 37.4 Å². The fraction of sp³-hybridized carbons (Fsp3) is 0.409. The lowest BCUT2D eigenvalue weighted by molar-refractivity contribution is -0.152. The van der Waals surface area contributed by atoms with Crippen LogP contribution in [0.5, 0.6) is 5.88 Å². The van der Waals surface area contributed by atoms with E-state index >= 15 is 0 Å². The van der Waals surface area contributed by atoms with Gasteiger partial charge < -0.3 is 19.2 Å². The summed E-state index contributed by atoms with van der Waals surface area (Å²) in [6.45, 7) is 5.11. The molecular weight excluding hydrogens is 368 g/mol. The highest BCUT2D eigenvalue weighted by atomic mass is 16.7. The van der Waals surface area contributed by atoms with Crippen molar-refractivity contribution in [3.05, 3.63) is 41.9 Å². The summed E-state index contributed by atoms with van der Waals surface area (Å²) in [5, 5.41) is 10.2. The molecule has 0 radical (unpaired) electrons. The summed E-state index contributed by atoms with van der Waals surface area (Å²) in [4.78, 5) is 12.3. The van der Waals surface area contributed by atoms with Crippen molar-refractivity contribution in [2.75, 3.05) is 13.2 Å². The monoisotopic (exact) mass is 392 g/mol. The number of aromatic nitrogens is 3. The number of aryl methyl sites for hydroxylation is 1. The molecule has 0 saturated carbocycles. The quantitative estimate of drug-likeness (QED) is 0.650. The molecule has 1 fully saturated rings. The first-order valence-corrected chi connectivity index (χ1v) is 9.93. The minimum atomic E-state index is -0.127. The molecule has 1 N–H and O–H groups in total. The standard InChI is InChI=1S/C22H24N4O3/c1-3-16(29-20-8-5-9-27-20)13-28-22-14(2)26-19(12-25-22)18-11-24-21-15(10-23)6-4-7-17(18)21/h4,6-7,11-12,16,20,24H,3,5,8-9,13H2,1-2H3. The number of hydrogen-bond acceptors (Lipinski definition) is 6. The zero-order chi connectivity index (χ0) is 20.2. The molecule has 3 aromatic rings. The van der Waals surface area contributed by atoms with Crippen LogP contribution in [-0.4, -0.2) is 40.6 Å². The molecule has 7 nitrogen and oxygen atoms in total. The first-order valence-electron chi connectivity index (χ1n) is 9.93. The van der Waals surface area contributed by atoms with Gasteiger partial charge in [0.2, 0.25) is 5.88 Å². The van der Waals surface area contributed by atoms with Gasteiger partial charge in [-0.3, -0.25) is 0 Å². The maximum absolute atomic E-state index is 9.28. The first-order chi connectivity index (χ1) is 14.2. The predicted octanol–water partition coefficient (Wildman–Crippen LogP) is 4.12. The van der Waals surface area contributed by atoms with E-state index in [-0.39, 0.29) is 12.4 Å². The van der Waals surface area contributed by atoms with E-state index in [4.69, 9.17) is 14.2 Å². The minimum Gasteiger partial charge on any atom is -0.474 e. The number of hydrogen-bond donors (Lipinski definition) is 1. The molecule has 0 aliphatic carbocycles. The lowest BCUT2D eigenvalue weighted by Crippen LogP contribution is -2.27. The number of benzene rings is 1. The van der Waals surface area contributed by atoms with E-state index in [1.54, 1.807) is 12.3 Å². The molecule has 2 atom stereocenters. The Bertz CT molecular complexity index is 1030. The molecule has 0 spiro atoms. The SMILES string of the molecule is CCC(COc1ncc(-c2c[nH]c3c(C#N)cccc23)nc1C)OC1CCCO1. The topological polar surface area (TPSA) is 93.1 Å². The van der Waals surface area contributed by atoms with Crippen LogP contribution in [0.25, 0.3) is 22.2 Å². The Morgan fingerprint density at radius 2 is 2.31 bits per heavy atom. The third kappa shape index (κ3) is 4.09. The van der Waals surface area contributed by atoms with Crippen LogP contribution >= 0.6 is 0 Å². The van der Waals surface area contributed by atoms with Gasteiger partial charge in [0.25, 0.3) is 0 Å². The molecule has 2 aromatic heterocycles. The van der Waals surface area contributed by atoms with Gasteiger partial charge in [-0.25, -0.2) is 9.97 Å². The fourth-order valence-electron chi connectivity index (χ4n) is 3.50. The summed E-state index contributed by atoms with van der Waals surface area (Å²) in [6.07, 6.45) is 6.19. The van der Waals surface area contributed by atoms with E-state index in [2.05, 4.69) is 27.9 Å². The predicted molar refractivity (Wildman–Crippen MR) is 108 cm³/mol. The van der Waals surface area contributed by atoms with Gasteiger partial charge in [-0.15, -0.1) is 0 Å². The van der Waals surface area contributed by atoms with Crippen LogP contribution in [0, 0.1) is 18.3 Å². The summed E-state index contributed by atoms with van der Waals surface area (Å²) in [5.41, 5.74) is 3.77. The number of nitriles is 1. The summed E-state index contributed by atoms with van der Waals surface area (Å²) < 4.78 is 17.4. The fourth-order valence-corrected chi connectivity index (χ4v) is 3.50. The van der Waals surface area contributed by atoms with Crippen molar-refractivity contribution in [2.24, 2.45) is 0 Å². The number of para-hydroxylation sites is 1. The number of aromatic amines is 1. The van der Waals surface area contributed by atoms with Crippen molar-refractivity contribution >= 4 is 10.9 Å². The van der Waals surface area contributed by atoms with Crippen molar-refractivity contribution in [2.45, 2.75) is 45.5 Å². The maximum Gasteiger partial charge on any atom is 0.235 e. The zero-order valence-corrected chi connectivity index (χ0v) is 16.6. The van der Waals surface area contributed by atoms with Gasteiger partial charge in [0.1, 0.15) is 18.4 Å². The van der Waals surface area contributed by atoms with Crippen LogP contribution in [0.4, 0.5) is 0 Å². The number of fused-ring (bicyclic) bond motifs is 1. The second-order valence-corrected chi connectivity index (χ2v) is 7.11. The van der Waals surface area contributed by atoms with Gasteiger partial charge in [0.15, 0.2) is 6.29 Å². The molecule has 1 aromatic carbocycles. The Balaban J connectivity index is 1.49. The second-order valence-electron chi connectivity index (χ2n) is 7.11. The second kappa shape index (κ2) is 8.60. The molecule has 2 unspecified atom stereocenters. The van der Waals surface area contributed by atoms with E-state index in [1.807, 2.05) is 25.3 Å². The summed E-state index contributed by atoms with van der Waals surface area (Å²) in [6, 6.07) is 7.84. The molecule has 4 rings (SSSR count). The third-order valence-electron chi connectivity index (χ3n) is 5.11. The molecular formula is C22H24N4O3. The van der Waals surface area contributed by atoms with Crippen molar-refractivity contribution in [1.29, 1.82) is 5.26 Å². The average molecular weight is 392 g/mol. The minimum absolute atomic E-state index is 0.0444. The third-order valence-corrected chi connectivity index (χ3v) is 5.11. The lowest BCUT2D eigenvalue weighted by atomic mass is 10.1. The van der Waals surface area contributed by atoms with Gasteiger partial charge in [-0.05, 0) is 25.8 Å². The van der Waals surface area contributed by atoms with Crippen LogP contribution in [0.3, 0.4) is 0 Å². The number of rotatable bonds is 7. The normalized spacial score (nSPS) is 17.3. The van der Waals surface area contributed by atoms with E-state index < -0.39 is 0 Å². The van der Waals surface area contributed by atoms with Crippen molar-refractivity contribution in [3.63, 3.8) is 0 Å². The summed E-state index contributed by atoms with van der Waals surface area (Å²) in [5.74, 6) is 0.501.